The van der Waals surface area contributed by atoms with E-state index < -0.39 is 6.10 Å². The summed E-state index contributed by atoms with van der Waals surface area (Å²) in [6.07, 6.45) is -0.687. The van der Waals surface area contributed by atoms with Crippen LogP contribution >= 0.6 is 15.9 Å². The molecule has 0 heterocycles. The number of carbonyl (C=O) groups is 1. The van der Waals surface area contributed by atoms with Gasteiger partial charge in [0.05, 0.1) is 18.3 Å². The molecule has 0 aliphatic heterocycles. The number of amides is 1. The van der Waals surface area contributed by atoms with Gasteiger partial charge < -0.3 is 15.2 Å². The van der Waals surface area contributed by atoms with Gasteiger partial charge in [-0.05, 0) is 34.5 Å². The van der Waals surface area contributed by atoms with Gasteiger partial charge in [0.1, 0.15) is 0 Å². The zero-order valence-electron chi connectivity index (χ0n) is 9.87. The molecule has 1 unspecified atom stereocenters. The number of ether oxygens (including phenoxy) is 1. The van der Waals surface area contributed by atoms with Crippen LogP contribution in [0.3, 0.4) is 0 Å². The van der Waals surface area contributed by atoms with Crippen LogP contribution in [0.15, 0.2) is 22.7 Å². The minimum absolute atomic E-state index is 0.174. The van der Waals surface area contributed by atoms with Gasteiger partial charge in [-0.25, -0.2) is 0 Å². The van der Waals surface area contributed by atoms with Gasteiger partial charge in [0.2, 0.25) is 0 Å². The highest BCUT2D eigenvalue weighted by molar-refractivity contribution is 9.10. The summed E-state index contributed by atoms with van der Waals surface area (Å²) in [4.78, 5) is 11.8. The summed E-state index contributed by atoms with van der Waals surface area (Å²) in [6, 6.07) is 5.47. The molecule has 0 radical (unpaired) electrons. The highest BCUT2D eigenvalue weighted by Gasteiger charge is 2.12. The molecule has 0 bridgehead atoms. The number of aliphatic hydroxyl groups is 1. The topological polar surface area (TPSA) is 58.6 Å². The standard InChI is InChI=1S/C12H16BrNO3/c1-8-4-3-5-10(11(8)13)12(16)14-6-9(15)7-17-2/h3-5,9,15H,6-7H2,1-2H3,(H,14,16). The Labute approximate surface area is 109 Å². The molecule has 1 amide bonds. The van der Waals surface area contributed by atoms with E-state index in [9.17, 15) is 9.90 Å². The molecule has 0 aliphatic rings. The molecule has 2 N–H and O–H groups in total. The van der Waals surface area contributed by atoms with E-state index in [1.807, 2.05) is 19.1 Å². The molecular formula is C12H16BrNO3. The Morgan fingerprint density at radius 3 is 2.94 bits per heavy atom. The summed E-state index contributed by atoms with van der Waals surface area (Å²) < 4.78 is 5.55. The van der Waals surface area contributed by atoms with Gasteiger partial charge in [-0.3, -0.25) is 4.79 Å². The molecule has 0 aliphatic carbocycles. The Balaban J connectivity index is 2.61. The number of benzene rings is 1. The van der Waals surface area contributed by atoms with Gasteiger partial charge in [-0.15, -0.1) is 0 Å². The molecule has 0 saturated carbocycles. The summed E-state index contributed by atoms with van der Waals surface area (Å²) in [5.74, 6) is -0.212. The van der Waals surface area contributed by atoms with Crippen molar-refractivity contribution in [2.45, 2.75) is 13.0 Å². The Bertz CT molecular complexity index is 395. The van der Waals surface area contributed by atoms with Crippen LogP contribution in [0.25, 0.3) is 0 Å². The van der Waals surface area contributed by atoms with Crippen LogP contribution in [0.5, 0.6) is 0 Å². The number of hydrogen-bond acceptors (Lipinski definition) is 3. The SMILES string of the molecule is COCC(O)CNC(=O)c1cccc(C)c1Br. The summed E-state index contributed by atoms with van der Waals surface area (Å²) in [5.41, 5.74) is 1.56. The number of rotatable bonds is 5. The predicted octanol–water partition coefficient (Wildman–Crippen LogP) is 1.49. The van der Waals surface area contributed by atoms with Crippen LogP contribution in [0.4, 0.5) is 0 Å². The molecule has 0 saturated heterocycles. The fourth-order valence-corrected chi connectivity index (χ4v) is 1.82. The molecule has 1 aromatic carbocycles. The maximum Gasteiger partial charge on any atom is 0.252 e. The predicted molar refractivity (Wildman–Crippen MR) is 69.1 cm³/mol. The first kappa shape index (κ1) is 14.2. The fourth-order valence-electron chi connectivity index (χ4n) is 1.38. The molecule has 0 aromatic heterocycles. The van der Waals surface area contributed by atoms with Crippen molar-refractivity contribution >= 4 is 21.8 Å². The summed E-state index contributed by atoms with van der Waals surface area (Å²) in [6.45, 7) is 2.29. The van der Waals surface area contributed by atoms with Crippen molar-refractivity contribution < 1.29 is 14.6 Å². The summed E-state index contributed by atoms with van der Waals surface area (Å²) >= 11 is 3.37. The van der Waals surface area contributed by atoms with Crippen LogP contribution < -0.4 is 5.32 Å². The Hall–Kier alpha value is -0.910. The third-order valence-electron chi connectivity index (χ3n) is 2.29. The first-order chi connectivity index (χ1) is 8.06. The third kappa shape index (κ3) is 4.11. The lowest BCUT2D eigenvalue weighted by Gasteiger charge is -2.12. The number of aryl methyl sites for hydroxylation is 1. The van der Waals surface area contributed by atoms with Crippen molar-refractivity contribution in [1.29, 1.82) is 0 Å². The fraction of sp³-hybridized carbons (Fsp3) is 0.417. The van der Waals surface area contributed by atoms with E-state index in [4.69, 9.17) is 4.74 Å². The monoisotopic (exact) mass is 301 g/mol. The van der Waals surface area contributed by atoms with E-state index in [0.717, 1.165) is 10.0 Å². The minimum Gasteiger partial charge on any atom is -0.389 e. The average molecular weight is 302 g/mol. The van der Waals surface area contributed by atoms with E-state index >= 15 is 0 Å². The van der Waals surface area contributed by atoms with Gasteiger partial charge in [0.25, 0.3) is 5.91 Å². The number of aliphatic hydroxyl groups excluding tert-OH is 1. The van der Waals surface area contributed by atoms with Crippen LogP contribution in [-0.2, 0) is 4.74 Å². The number of halogens is 1. The van der Waals surface area contributed by atoms with Crippen LogP contribution in [-0.4, -0.2) is 37.4 Å². The number of hydrogen-bond donors (Lipinski definition) is 2. The maximum atomic E-state index is 11.8. The maximum absolute atomic E-state index is 11.8. The summed E-state index contributed by atoms with van der Waals surface area (Å²) in [5, 5.41) is 12.1. The van der Waals surface area contributed by atoms with Crippen LogP contribution in [0, 0.1) is 6.92 Å². The molecule has 4 nitrogen and oxygen atoms in total. The van der Waals surface area contributed by atoms with Crippen LogP contribution in [0.1, 0.15) is 15.9 Å². The number of methoxy groups -OCH3 is 1. The second kappa shape index (κ2) is 6.74. The van der Waals surface area contributed by atoms with Crippen LogP contribution in [0.2, 0.25) is 0 Å². The molecule has 0 fully saturated rings. The molecule has 5 heteroatoms. The third-order valence-corrected chi connectivity index (χ3v) is 3.35. The summed E-state index contributed by atoms with van der Waals surface area (Å²) in [7, 11) is 1.50. The van der Waals surface area contributed by atoms with Crippen molar-refractivity contribution in [1.82, 2.24) is 5.32 Å². The van der Waals surface area contributed by atoms with Gasteiger partial charge in [-0.2, -0.15) is 0 Å². The molecule has 1 aromatic rings. The van der Waals surface area contributed by atoms with Gasteiger partial charge in [0.15, 0.2) is 0 Å². The van der Waals surface area contributed by atoms with Gasteiger partial charge >= 0.3 is 0 Å². The van der Waals surface area contributed by atoms with Gasteiger partial charge in [0, 0.05) is 18.1 Å². The van der Waals surface area contributed by atoms with E-state index in [1.54, 1.807) is 6.07 Å². The smallest absolute Gasteiger partial charge is 0.252 e. The Morgan fingerprint density at radius 1 is 1.59 bits per heavy atom. The van der Waals surface area contributed by atoms with Crippen molar-refractivity contribution in [2.75, 3.05) is 20.3 Å². The Morgan fingerprint density at radius 2 is 2.29 bits per heavy atom. The lowest BCUT2D eigenvalue weighted by atomic mass is 10.1. The van der Waals surface area contributed by atoms with Crippen molar-refractivity contribution in [3.8, 4) is 0 Å². The lowest BCUT2D eigenvalue weighted by molar-refractivity contribution is 0.0609. The number of carbonyl (C=O) groups excluding carboxylic acids is 1. The van der Waals surface area contributed by atoms with Crippen molar-refractivity contribution in [3.05, 3.63) is 33.8 Å². The highest BCUT2D eigenvalue weighted by atomic mass is 79.9. The second-order valence-electron chi connectivity index (χ2n) is 3.76. The van der Waals surface area contributed by atoms with E-state index in [-0.39, 0.29) is 19.1 Å². The van der Waals surface area contributed by atoms with E-state index in [1.165, 1.54) is 7.11 Å². The molecule has 17 heavy (non-hydrogen) atoms. The number of nitrogens with one attached hydrogen (secondary N) is 1. The first-order valence-corrected chi connectivity index (χ1v) is 6.06. The second-order valence-corrected chi connectivity index (χ2v) is 4.55. The molecule has 0 spiro atoms. The zero-order valence-corrected chi connectivity index (χ0v) is 11.5. The van der Waals surface area contributed by atoms with E-state index in [2.05, 4.69) is 21.2 Å². The minimum atomic E-state index is -0.687. The Kier molecular flexibility index (Phi) is 5.61. The van der Waals surface area contributed by atoms with Gasteiger partial charge in [-0.1, -0.05) is 12.1 Å². The molecular weight excluding hydrogens is 286 g/mol. The lowest BCUT2D eigenvalue weighted by Crippen LogP contribution is -2.34. The first-order valence-electron chi connectivity index (χ1n) is 5.26. The van der Waals surface area contributed by atoms with Crippen molar-refractivity contribution in [2.24, 2.45) is 0 Å². The molecule has 1 atom stereocenters. The zero-order chi connectivity index (χ0) is 12.8. The normalized spacial score (nSPS) is 12.2. The molecule has 94 valence electrons. The average Bonchev–Trinajstić information content (AvgIpc) is 2.30. The van der Waals surface area contributed by atoms with E-state index in [0.29, 0.717) is 5.56 Å². The highest BCUT2D eigenvalue weighted by Crippen LogP contribution is 2.20. The van der Waals surface area contributed by atoms with Crippen molar-refractivity contribution in [3.63, 3.8) is 0 Å². The quantitative estimate of drug-likeness (QED) is 0.866. The molecule has 1 rings (SSSR count). The largest absolute Gasteiger partial charge is 0.389 e.